The Labute approximate surface area is 125 Å². The number of hydrogen-bond donors (Lipinski definition) is 2. The summed E-state index contributed by atoms with van der Waals surface area (Å²) in [4.78, 5) is 23.3. The van der Waals surface area contributed by atoms with Crippen LogP contribution in [0, 0.1) is 0 Å². The number of nitrogens with zero attached hydrogens (tertiary/aromatic N) is 1. The number of amides is 1. The molecule has 7 heteroatoms. The Hall–Kier alpha value is -2.41. The van der Waals surface area contributed by atoms with Crippen molar-refractivity contribution < 1.29 is 19.4 Å². The molecule has 1 unspecified atom stereocenters. The molecule has 110 valence electrons. The summed E-state index contributed by atoms with van der Waals surface area (Å²) < 4.78 is 8.99. The van der Waals surface area contributed by atoms with Gasteiger partial charge in [0.25, 0.3) is 0 Å². The predicted octanol–water partition coefficient (Wildman–Crippen LogP) is 2.59. The van der Waals surface area contributed by atoms with Crippen LogP contribution in [0.1, 0.15) is 22.9 Å². The fourth-order valence-corrected chi connectivity index (χ4v) is 2.34. The lowest BCUT2D eigenvalue weighted by molar-refractivity contribution is -0.137. The van der Waals surface area contributed by atoms with Crippen LogP contribution in [0.3, 0.4) is 0 Å². The van der Waals surface area contributed by atoms with Crippen LogP contribution < -0.4 is 5.32 Å². The van der Waals surface area contributed by atoms with Crippen LogP contribution in [0.5, 0.6) is 0 Å². The van der Waals surface area contributed by atoms with Crippen molar-refractivity contribution in [3.8, 4) is 0 Å². The molecule has 0 saturated heterocycles. The standard InChI is InChI=1S/C14H14N2O4S/c17-13(18)8-11(12-6-7-15-21-12)16-14(19)20-9-10-4-2-1-3-5-10/h1-7,11H,8-9H2,(H,16,19)(H,17,18). The average Bonchev–Trinajstić information content (AvgIpc) is 2.99. The Morgan fingerprint density at radius 3 is 2.67 bits per heavy atom. The van der Waals surface area contributed by atoms with Crippen LogP contribution in [-0.4, -0.2) is 21.5 Å². The van der Waals surface area contributed by atoms with Crippen LogP contribution in [0.2, 0.25) is 0 Å². The molecule has 1 heterocycles. The largest absolute Gasteiger partial charge is 0.481 e. The lowest BCUT2D eigenvalue weighted by Gasteiger charge is -2.15. The predicted molar refractivity (Wildman–Crippen MR) is 76.9 cm³/mol. The highest BCUT2D eigenvalue weighted by atomic mass is 32.1. The first-order valence-electron chi connectivity index (χ1n) is 6.24. The Morgan fingerprint density at radius 2 is 2.05 bits per heavy atom. The maximum absolute atomic E-state index is 11.8. The molecule has 6 nitrogen and oxygen atoms in total. The van der Waals surface area contributed by atoms with Crippen molar-refractivity contribution in [1.82, 2.24) is 9.69 Å². The van der Waals surface area contributed by atoms with E-state index >= 15 is 0 Å². The molecule has 0 fully saturated rings. The van der Waals surface area contributed by atoms with E-state index < -0.39 is 18.1 Å². The summed E-state index contributed by atoms with van der Waals surface area (Å²) in [5.74, 6) is -1.00. The maximum atomic E-state index is 11.8. The number of alkyl carbamates (subject to hydrolysis) is 1. The summed E-state index contributed by atoms with van der Waals surface area (Å²) in [6.45, 7) is 0.134. The number of hydrogen-bond acceptors (Lipinski definition) is 5. The molecule has 1 amide bonds. The first kappa shape index (κ1) is 15.0. The van der Waals surface area contributed by atoms with Crippen molar-refractivity contribution in [1.29, 1.82) is 0 Å². The topological polar surface area (TPSA) is 88.5 Å². The van der Waals surface area contributed by atoms with E-state index in [1.807, 2.05) is 30.3 Å². The van der Waals surface area contributed by atoms with E-state index in [-0.39, 0.29) is 13.0 Å². The molecule has 1 aromatic carbocycles. The molecule has 0 aliphatic carbocycles. The number of aliphatic carboxylic acids is 1. The van der Waals surface area contributed by atoms with Gasteiger partial charge in [0.2, 0.25) is 0 Å². The third-order valence-electron chi connectivity index (χ3n) is 2.68. The molecule has 0 radical (unpaired) electrons. The van der Waals surface area contributed by atoms with E-state index in [0.29, 0.717) is 4.88 Å². The van der Waals surface area contributed by atoms with E-state index in [4.69, 9.17) is 9.84 Å². The lowest BCUT2D eigenvalue weighted by atomic mass is 10.2. The highest BCUT2D eigenvalue weighted by molar-refractivity contribution is 7.05. The second-order valence-corrected chi connectivity index (χ2v) is 5.14. The monoisotopic (exact) mass is 306 g/mol. The van der Waals surface area contributed by atoms with E-state index in [1.165, 1.54) is 0 Å². The van der Waals surface area contributed by atoms with Gasteiger partial charge in [-0.05, 0) is 23.2 Å². The van der Waals surface area contributed by atoms with Gasteiger partial charge in [-0.1, -0.05) is 30.3 Å². The number of carbonyl (C=O) groups is 2. The first-order valence-corrected chi connectivity index (χ1v) is 7.02. The van der Waals surface area contributed by atoms with Gasteiger partial charge in [0.05, 0.1) is 12.5 Å². The highest BCUT2D eigenvalue weighted by Crippen LogP contribution is 2.20. The van der Waals surface area contributed by atoms with Crippen molar-refractivity contribution in [2.24, 2.45) is 0 Å². The zero-order valence-electron chi connectivity index (χ0n) is 11.1. The Bertz CT molecular complexity index is 586. The summed E-state index contributed by atoms with van der Waals surface area (Å²) >= 11 is 1.15. The minimum Gasteiger partial charge on any atom is -0.481 e. The van der Waals surface area contributed by atoms with Crippen molar-refractivity contribution in [2.45, 2.75) is 19.1 Å². The molecule has 1 atom stereocenters. The maximum Gasteiger partial charge on any atom is 0.407 e. The number of rotatable bonds is 6. The molecular formula is C14H14N2O4S. The Balaban J connectivity index is 1.90. The number of ether oxygens (including phenoxy) is 1. The molecule has 0 aliphatic heterocycles. The quantitative estimate of drug-likeness (QED) is 0.856. The number of aromatic nitrogens is 1. The molecule has 21 heavy (non-hydrogen) atoms. The number of carboxylic acid groups (broad SMARTS) is 1. The molecule has 0 bridgehead atoms. The van der Waals surface area contributed by atoms with E-state index in [0.717, 1.165) is 17.1 Å². The average molecular weight is 306 g/mol. The SMILES string of the molecule is O=C(O)CC(NC(=O)OCc1ccccc1)c1ccns1. The molecule has 2 rings (SSSR count). The molecule has 1 aromatic heterocycles. The van der Waals surface area contributed by atoms with Crippen molar-refractivity contribution >= 4 is 23.6 Å². The highest BCUT2D eigenvalue weighted by Gasteiger charge is 2.20. The minimum absolute atomic E-state index is 0.134. The summed E-state index contributed by atoms with van der Waals surface area (Å²) in [7, 11) is 0. The third kappa shape index (κ3) is 4.88. The summed E-state index contributed by atoms with van der Waals surface area (Å²) in [6, 6.07) is 10.3. The van der Waals surface area contributed by atoms with Crippen LogP contribution in [0.15, 0.2) is 42.6 Å². The van der Waals surface area contributed by atoms with Crippen molar-refractivity contribution in [3.05, 3.63) is 53.0 Å². The molecule has 2 aromatic rings. The van der Waals surface area contributed by atoms with Crippen LogP contribution in [0.25, 0.3) is 0 Å². The van der Waals surface area contributed by atoms with Crippen LogP contribution in [-0.2, 0) is 16.1 Å². The molecule has 0 spiro atoms. The van der Waals surface area contributed by atoms with Gasteiger partial charge in [-0.3, -0.25) is 4.79 Å². The van der Waals surface area contributed by atoms with Gasteiger partial charge in [-0.2, -0.15) is 0 Å². The van der Waals surface area contributed by atoms with Crippen molar-refractivity contribution in [2.75, 3.05) is 0 Å². The molecule has 2 N–H and O–H groups in total. The summed E-state index contributed by atoms with van der Waals surface area (Å²) in [5.41, 5.74) is 0.861. The van der Waals surface area contributed by atoms with Crippen LogP contribution >= 0.6 is 11.5 Å². The number of nitrogens with one attached hydrogen (secondary N) is 1. The van der Waals surface area contributed by atoms with Crippen molar-refractivity contribution in [3.63, 3.8) is 0 Å². The van der Waals surface area contributed by atoms with Gasteiger partial charge in [-0.15, -0.1) is 0 Å². The first-order chi connectivity index (χ1) is 10.1. The smallest absolute Gasteiger partial charge is 0.407 e. The fraction of sp³-hybridized carbons (Fsp3) is 0.214. The Kier molecular flexibility index (Phi) is 5.28. The minimum atomic E-state index is -1.00. The van der Waals surface area contributed by atoms with Gasteiger partial charge in [0.1, 0.15) is 6.61 Å². The van der Waals surface area contributed by atoms with Gasteiger partial charge in [0.15, 0.2) is 0 Å². The fourth-order valence-electron chi connectivity index (χ4n) is 1.71. The van der Waals surface area contributed by atoms with Gasteiger partial charge < -0.3 is 15.2 Å². The zero-order valence-corrected chi connectivity index (χ0v) is 11.9. The molecule has 0 aliphatic rings. The van der Waals surface area contributed by atoms with Gasteiger partial charge in [0, 0.05) is 11.1 Å². The number of carboxylic acids is 1. The normalized spacial score (nSPS) is 11.6. The van der Waals surface area contributed by atoms with Gasteiger partial charge >= 0.3 is 12.1 Å². The van der Waals surface area contributed by atoms with Crippen LogP contribution in [0.4, 0.5) is 4.79 Å². The van der Waals surface area contributed by atoms with E-state index in [1.54, 1.807) is 12.3 Å². The number of carbonyl (C=O) groups excluding carboxylic acids is 1. The van der Waals surface area contributed by atoms with E-state index in [2.05, 4.69) is 9.69 Å². The molecular weight excluding hydrogens is 292 g/mol. The third-order valence-corrected chi connectivity index (χ3v) is 3.54. The Morgan fingerprint density at radius 1 is 1.29 bits per heavy atom. The lowest BCUT2D eigenvalue weighted by Crippen LogP contribution is -2.30. The second-order valence-electron chi connectivity index (χ2n) is 4.27. The summed E-state index contributed by atoms with van der Waals surface area (Å²) in [6.07, 6.45) is 0.688. The van der Waals surface area contributed by atoms with Gasteiger partial charge in [-0.25, -0.2) is 9.17 Å². The summed E-state index contributed by atoms with van der Waals surface area (Å²) in [5, 5.41) is 11.4. The van der Waals surface area contributed by atoms with E-state index in [9.17, 15) is 9.59 Å². The zero-order chi connectivity index (χ0) is 15.1. The second kappa shape index (κ2) is 7.39. The number of benzene rings is 1. The molecule has 0 saturated carbocycles.